The van der Waals surface area contributed by atoms with Gasteiger partial charge in [0.2, 0.25) is 5.88 Å². The van der Waals surface area contributed by atoms with E-state index in [1.807, 2.05) is 0 Å². The van der Waals surface area contributed by atoms with E-state index >= 15 is 0 Å². The molecule has 1 atom stereocenters. The SMILES string of the molecule is COc1nsc2ncnc(C3CCCNC3)c12. The Hall–Kier alpha value is -1.27. The summed E-state index contributed by atoms with van der Waals surface area (Å²) >= 11 is 1.37. The summed E-state index contributed by atoms with van der Waals surface area (Å²) in [4.78, 5) is 9.61. The third kappa shape index (κ3) is 1.87. The number of hydrogen-bond donors (Lipinski definition) is 1. The minimum Gasteiger partial charge on any atom is -0.480 e. The molecule has 1 N–H and O–H groups in total. The fourth-order valence-corrected chi connectivity index (χ4v) is 3.03. The predicted molar refractivity (Wildman–Crippen MR) is 66.6 cm³/mol. The Morgan fingerprint density at radius 1 is 1.47 bits per heavy atom. The summed E-state index contributed by atoms with van der Waals surface area (Å²) in [6.45, 7) is 2.08. The normalized spacial score (nSPS) is 20.6. The van der Waals surface area contributed by atoms with Gasteiger partial charge in [0.25, 0.3) is 0 Å². The van der Waals surface area contributed by atoms with Crippen LogP contribution < -0.4 is 10.1 Å². The standard InChI is InChI=1S/C11H14N4OS/c1-16-10-8-9(7-3-2-4-12-5-7)13-6-14-11(8)17-15-10/h6-7,12H,2-5H2,1H3. The largest absolute Gasteiger partial charge is 0.480 e. The van der Waals surface area contributed by atoms with Crippen molar-refractivity contribution in [3.05, 3.63) is 12.0 Å². The molecule has 3 heterocycles. The molecule has 2 aromatic rings. The highest BCUT2D eigenvalue weighted by atomic mass is 32.1. The van der Waals surface area contributed by atoms with Crippen LogP contribution in [-0.4, -0.2) is 34.5 Å². The molecule has 1 saturated heterocycles. The predicted octanol–water partition coefficient (Wildman–Crippen LogP) is 1.56. The molecule has 0 aliphatic carbocycles. The highest BCUT2D eigenvalue weighted by Crippen LogP contribution is 2.34. The third-order valence-corrected chi connectivity index (χ3v) is 3.89. The molecule has 1 unspecified atom stereocenters. The van der Waals surface area contributed by atoms with Gasteiger partial charge in [0.15, 0.2) is 4.83 Å². The Morgan fingerprint density at radius 2 is 2.41 bits per heavy atom. The molecule has 0 spiro atoms. The molecule has 5 nitrogen and oxygen atoms in total. The van der Waals surface area contributed by atoms with Gasteiger partial charge in [-0.3, -0.25) is 0 Å². The quantitative estimate of drug-likeness (QED) is 0.876. The first kappa shape index (κ1) is 10.9. The minimum atomic E-state index is 0.444. The van der Waals surface area contributed by atoms with Crippen LogP contribution in [0, 0.1) is 0 Å². The molecule has 1 fully saturated rings. The number of nitrogens with one attached hydrogen (secondary N) is 1. The number of rotatable bonds is 2. The second-order valence-corrected chi connectivity index (χ2v) is 4.93. The first-order chi connectivity index (χ1) is 8.40. The summed E-state index contributed by atoms with van der Waals surface area (Å²) < 4.78 is 9.56. The van der Waals surface area contributed by atoms with Gasteiger partial charge >= 0.3 is 0 Å². The van der Waals surface area contributed by atoms with Crippen molar-refractivity contribution in [1.29, 1.82) is 0 Å². The van der Waals surface area contributed by atoms with Crippen LogP contribution >= 0.6 is 11.5 Å². The Kier molecular flexibility index (Phi) is 2.90. The van der Waals surface area contributed by atoms with Crippen LogP contribution in [0.4, 0.5) is 0 Å². The molecule has 0 aromatic carbocycles. The average molecular weight is 250 g/mol. The fourth-order valence-electron chi connectivity index (χ4n) is 2.32. The zero-order valence-corrected chi connectivity index (χ0v) is 10.5. The van der Waals surface area contributed by atoms with Crippen LogP contribution in [0.2, 0.25) is 0 Å². The third-order valence-electron chi connectivity index (χ3n) is 3.15. The molecule has 3 rings (SSSR count). The summed E-state index contributed by atoms with van der Waals surface area (Å²) in [5.41, 5.74) is 1.08. The van der Waals surface area contributed by atoms with Crippen LogP contribution in [0.15, 0.2) is 6.33 Å². The van der Waals surface area contributed by atoms with Gasteiger partial charge in [-0.15, -0.1) is 0 Å². The van der Waals surface area contributed by atoms with Gasteiger partial charge in [0.05, 0.1) is 18.2 Å². The number of piperidine rings is 1. The Labute approximate surface area is 103 Å². The smallest absolute Gasteiger partial charge is 0.236 e. The maximum absolute atomic E-state index is 5.30. The summed E-state index contributed by atoms with van der Waals surface area (Å²) in [6.07, 6.45) is 3.98. The van der Waals surface area contributed by atoms with E-state index in [-0.39, 0.29) is 0 Å². The zero-order chi connectivity index (χ0) is 11.7. The van der Waals surface area contributed by atoms with Crippen LogP contribution in [0.25, 0.3) is 10.2 Å². The van der Waals surface area contributed by atoms with E-state index in [9.17, 15) is 0 Å². The Balaban J connectivity index is 2.10. The molecule has 90 valence electrons. The molecular weight excluding hydrogens is 236 g/mol. The van der Waals surface area contributed by atoms with Crippen molar-refractivity contribution in [2.24, 2.45) is 0 Å². The topological polar surface area (TPSA) is 59.9 Å². The van der Waals surface area contributed by atoms with Gasteiger partial charge in [-0.1, -0.05) is 0 Å². The molecule has 17 heavy (non-hydrogen) atoms. The average Bonchev–Trinajstić information content (AvgIpc) is 2.82. The van der Waals surface area contributed by atoms with Gasteiger partial charge in [-0.05, 0) is 30.9 Å². The van der Waals surface area contributed by atoms with E-state index in [1.165, 1.54) is 18.0 Å². The van der Waals surface area contributed by atoms with Crippen molar-refractivity contribution in [3.8, 4) is 5.88 Å². The lowest BCUT2D eigenvalue weighted by molar-refractivity contribution is 0.405. The highest BCUT2D eigenvalue weighted by molar-refractivity contribution is 7.13. The molecule has 6 heteroatoms. The summed E-state index contributed by atoms with van der Waals surface area (Å²) in [5, 5.41) is 4.40. The van der Waals surface area contributed by atoms with E-state index in [1.54, 1.807) is 13.4 Å². The molecule has 0 radical (unpaired) electrons. The number of fused-ring (bicyclic) bond motifs is 1. The lowest BCUT2D eigenvalue weighted by atomic mass is 9.94. The van der Waals surface area contributed by atoms with Crippen molar-refractivity contribution in [3.63, 3.8) is 0 Å². The van der Waals surface area contributed by atoms with Gasteiger partial charge < -0.3 is 10.1 Å². The second-order valence-electron chi connectivity index (χ2n) is 4.17. The number of ether oxygens (including phenoxy) is 1. The van der Waals surface area contributed by atoms with Crippen LogP contribution in [-0.2, 0) is 0 Å². The van der Waals surface area contributed by atoms with Crippen molar-refractivity contribution >= 4 is 21.7 Å². The second kappa shape index (κ2) is 4.54. The van der Waals surface area contributed by atoms with Crippen LogP contribution in [0.5, 0.6) is 5.88 Å². The minimum absolute atomic E-state index is 0.444. The van der Waals surface area contributed by atoms with E-state index in [0.717, 1.165) is 35.4 Å². The van der Waals surface area contributed by atoms with Gasteiger partial charge in [0, 0.05) is 12.5 Å². The maximum atomic E-state index is 5.30. The van der Waals surface area contributed by atoms with Gasteiger partial charge in [-0.2, -0.15) is 4.37 Å². The number of aromatic nitrogens is 3. The van der Waals surface area contributed by atoms with E-state index in [0.29, 0.717) is 11.8 Å². The molecule has 0 saturated carbocycles. The van der Waals surface area contributed by atoms with Gasteiger partial charge in [-0.25, -0.2) is 9.97 Å². The molecule has 0 bridgehead atoms. The first-order valence-corrected chi connectivity index (χ1v) is 6.52. The zero-order valence-electron chi connectivity index (χ0n) is 9.64. The lowest BCUT2D eigenvalue weighted by Crippen LogP contribution is -2.29. The van der Waals surface area contributed by atoms with Gasteiger partial charge in [0.1, 0.15) is 6.33 Å². The molecule has 1 aliphatic heterocycles. The summed E-state index contributed by atoms with van der Waals surface area (Å²) in [6, 6.07) is 0. The monoisotopic (exact) mass is 250 g/mol. The van der Waals surface area contributed by atoms with Crippen LogP contribution in [0.3, 0.4) is 0 Å². The summed E-state index contributed by atoms with van der Waals surface area (Å²) in [5.74, 6) is 1.10. The fraction of sp³-hybridized carbons (Fsp3) is 0.545. The Bertz CT molecular complexity index is 521. The van der Waals surface area contributed by atoms with E-state index in [4.69, 9.17) is 4.74 Å². The number of nitrogens with zero attached hydrogens (tertiary/aromatic N) is 3. The van der Waals surface area contributed by atoms with Crippen molar-refractivity contribution in [2.45, 2.75) is 18.8 Å². The van der Waals surface area contributed by atoms with Crippen molar-refractivity contribution < 1.29 is 4.74 Å². The molecule has 1 aliphatic rings. The van der Waals surface area contributed by atoms with Crippen LogP contribution in [0.1, 0.15) is 24.5 Å². The molecule has 2 aromatic heterocycles. The van der Waals surface area contributed by atoms with E-state index < -0.39 is 0 Å². The first-order valence-electron chi connectivity index (χ1n) is 5.75. The van der Waals surface area contributed by atoms with Crippen molar-refractivity contribution in [1.82, 2.24) is 19.7 Å². The maximum Gasteiger partial charge on any atom is 0.236 e. The lowest BCUT2D eigenvalue weighted by Gasteiger charge is -2.22. The number of methoxy groups -OCH3 is 1. The van der Waals surface area contributed by atoms with E-state index in [2.05, 4.69) is 19.7 Å². The summed E-state index contributed by atoms with van der Waals surface area (Å²) in [7, 11) is 1.64. The highest BCUT2D eigenvalue weighted by Gasteiger charge is 2.22. The molecular formula is C11H14N4OS. The Morgan fingerprint density at radius 3 is 3.18 bits per heavy atom. The molecule has 0 amide bonds. The number of hydrogen-bond acceptors (Lipinski definition) is 6. The van der Waals surface area contributed by atoms with Crippen molar-refractivity contribution in [2.75, 3.05) is 20.2 Å².